The lowest BCUT2D eigenvalue weighted by Crippen LogP contribution is -2.37. The number of hydrogen-bond donors (Lipinski definition) is 3. The van der Waals surface area contributed by atoms with Crippen molar-refractivity contribution in [2.75, 3.05) is 34.3 Å². The minimum Gasteiger partial charge on any atom is -0.481 e. The molecule has 112 valence electrons. The molecule has 8 heteroatoms. The van der Waals surface area contributed by atoms with E-state index in [1.807, 2.05) is 0 Å². The maximum atomic E-state index is 10.3. The van der Waals surface area contributed by atoms with Gasteiger partial charge < -0.3 is 24.5 Å². The Morgan fingerprint density at radius 1 is 1.16 bits per heavy atom. The van der Waals surface area contributed by atoms with E-state index in [9.17, 15) is 14.4 Å². The zero-order valence-corrected chi connectivity index (χ0v) is 11.6. The number of aliphatic hydroxyl groups is 1. The summed E-state index contributed by atoms with van der Waals surface area (Å²) in [6.07, 6.45) is -2.54. The van der Waals surface area contributed by atoms with Crippen molar-refractivity contribution in [2.24, 2.45) is 0 Å². The summed E-state index contributed by atoms with van der Waals surface area (Å²) < 4.78 is 5.59. The first-order chi connectivity index (χ1) is 8.45. The number of likely N-dealkylation sites (N-methyl/N-ethyl adjacent to an activating group) is 1. The molecule has 0 radical (unpaired) electrons. The maximum Gasteiger partial charge on any atom is 0.333 e. The van der Waals surface area contributed by atoms with Gasteiger partial charge in [0.25, 0.3) is 0 Å². The Morgan fingerprint density at radius 3 is 1.84 bits per heavy atom. The first-order valence-electron chi connectivity index (χ1n) is 5.52. The second kappa shape index (κ2) is 9.29. The van der Waals surface area contributed by atoms with E-state index in [2.05, 4.69) is 21.1 Å². The van der Waals surface area contributed by atoms with E-state index in [-0.39, 0.29) is 5.97 Å². The number of carbonyl (C=O) groups is 3. The molecule has 0 rings (SSSR count). The summed E-state index contributed by atoms with van der Waals surface area (Å²) in [6, 6.07) is 0. The molecule has 19 heavy (non-hydrogen) atoms. The average Bonchev–Trinajstić information content (AvgIpc) is 2.14. The molecular formula is C11H22NO7+. The number of rotatable bonds is 6. The van der Waals surface area contributed by atoms with Crippen LogP contribution >= 0.6 is 0 Å². The summed E-state index contributed by atoms with van der Waals surface area (Å²) in [7, 11) is 6.18. The molecule has 0 aliphatic carbocycles. The van der Waals surface area contributed by atoms with Crippen LogP contribution < -0.4 is 0 Å². The molecule has 0 aromatic carbocycles. The molecule has 0 aromatic heterocycles. The third kappa shape index (κ3) is 18.9. The lowest BCUT2D eigenvalue weighted by molar-refractivity contribution is -0.870. The smallest absolute Gasteiger partial charge is 0.333 e. The molecule has 8 nitrogen and oxygen atoms in total. The lowest BCUT2D eigenvalue weighted by atomic mass is 10.3. The van der Waals surface area contributed by atoms with E-state index in [4.69, 9.17) is 20.1 Å². The second-order valence-corrected chi connectivity index (χ2v) is 4.81. The third-order valence-electron chi connectivity index (χ3n) is 1.72. The number of nitrogens with zero attached hydrogens (tertiary/aromatic N) is 1. The third-order valence-corrected chi connectivity index (χ3v) is 1.72. The van der Waals surface area contributed by atoms with Crippen LogP contribution in [-0.4, -0.2) is 78.1 Å². The van der Waals surface area contributed by atoms with Gasteiger partial charge in [0.2, 0.25) is 0 Å². The summed E-state index contributed by atoms with van der Waals surface area (Å²) in [5, 5.41) is 24.1. The van der Waals surface area contributed by atoms with Gasteiger partial charge in [-0.1, -0.05) is 0 Å². The number of carboxylic acids is 2. The van der Waals surface area contributed by atoms with Crippen LogP contribution in [0.3, 0.4) is 0 Å². The highest BCUT2D eigenvalue weighted by Gasteiger charge is 2.16. The predicted octanol–water partition coefficient (Wildman–Crippen LogP) is -0.838. The van der Waals surface area contributed by atoms with Crippen molar-refractivity contribution in [1.82, 2.24) is 0 Å². The van der Waals surface area contributed by atoms with Gasteiger partial charge in [-0.3, -0.25) is 9.59 Å². The molecule has 3 N–H and O–H groups in total. The topological polar surface area (TPSA) is 121 Å². The SMILES string of the molecule is CC(=O)OCC[N+](C)(C)C.O=C(O)CC(O)C(=O)O. The second-order valence-electron chi connectivity index (χ2n) is 4.81. The van der Waals surface area contributed by atoms with Gasteiger partial charge in [-0.05, 0) is 0 Å². The molecule has 0 aliphatic heterocycles. The highest BCUT2D eigenvalue weighted by molar-refractivity contribution is 5.79. The minimum absolute atomic E-state index is 0.201. The van der Waals surface area contributed by atoms with Gasteiger partial charge in [0.15, 0.2) is 6.10 Å². The van der Waals surface area contributed by atoms with Gasteiger partial charge >= 0.3 is 17.9 Å². The van der Waals surface area contributed by atoms with Gasteiger partial charge in [-0.15, -0.1) is 0 Å². The first kappa shape index (κ1) is 19.7. The van der Waals surface area contributed by atoms with Crippen molar-refractivity contribution in [2.45, 2.75) is 19.4 Å². The van der Waals surface area contributed by atoms with Crippen LogP contribution in [0, 0.1) is 0 Å². The molecule has 0 saturated heterocycles. The van der Waals surface area contributed by atoms with Gasteiger partial charge in [0.1, 0.15) is 13.2 Å². The summed E-state index contributed by atoms with van der Waals surface area (Å²) >= 11 is 0. The van der Waals surface area contributed by atoms with Crippen LogP contribution in [0.5, 0.6) is 0 Å². The Labute approximate surface area is 111 Å². The Hall–Kier alpha value is -1.67. The number of ether oxygens (including phenoxy) is 1. The van der Waals surface area contributed by atoms with Gasteiger partial charge in [0, 0.05) is 6.92 Å². The van der Waals surface area contributed by atoms with Crippen molar-refractivity contribution < 1.29 is 38.9 Å². The van der Waals surface area contributed by atoms with Crippen molar-refractivity contribution in [3.05, 3.63) is 0 Å². The van der Waals surface area contributed by atoms with Crippen LogP contribution in [0.15, 0.2) is 0 Å². The number of esters is 1. The standard InChI is InChI=1S/C7H16NO2.C4H6O5/c1-7(9)10-6-5-8(2,3)4;5-2(4(8)9)1-3(6)7/h5-6H2,1-4H3;2,5H,1H2,(H,6,7)(H,8,9)/q+1;. The molecule has 0 spiro atoms. The fourth-order valence-electron chi connectivity index (χ4n) is 0.716. The monoisotopic (exact) mass is 280 g/mol. The number of aliphatic hydroxyl groups excluding tert-OH is 1. The van der Waals surface area contributed by atoms with Crippen LogP contribution in [-0.2, 0) is 19.1 Å². The first-order valence-corrected chi connectivity index (χ1v) is 5.52. The van der Waals surface area contributed by atoms with E-state index < -0.39 is 24.5 Å². The molecule has 0 heterocycles. The molecular weight excluding hydrogens is 258 g/mol. The van der Waals surface area contributed by atoms with Gasteiger partial charge in [0.05, 0.1) is 27.6 Å². The van der Waals surface area contributed by atoms with E-state index >= 15 is 0 Å². The highest BCUT2D eigenvalue weighted by Crippen LogP contribution is 1.90. The van der Waals surface area contributed by atoms with Crippen LogP contribution in [0.1, 0.15) is 13.3 Å². The quantitative estimate of drug-likeness (QED) is 0.428. The molecule has 0 fully saturated rings. The summed E-state index contributed by atoms with van der Waals surface area (Å²) in [5.74, 6) is -3.05. The molecule has 1 atom stereocenters. The molecule has 0 aliphatic rings. The number of carbonyl (C=O) groups excluding carboxylic acids is 1. The van der Waals surface area contributed by atoms with Gasteiger partial charge in [-0.25, -0.2) is 4.79 Å². The number of carboxylic acid groups (broad SMARTS) is 2. The average molecular weight is 280 g/mol. The van der Waals surface area contributed by atoms with Crippen molar-refractivity contribution in [1.29, 1.82) is 0 Å². The van der Waals surface area contributed by atoms with Crippen LogP contribution in [0.4, 0.5) is 0 Å². The predicted molar refractivity (Wildman–Crippen MR) is 65.4 cm³/mol. The van der Waals surface area contributed by atoms with E-state index in [1.54, 1.807) is 0 Å². The largest absolute Gasteiger partial charge is 0.481 e. The van der Waals surface area contributed by atoms with Crippen molar-refractivity contribution in [3.8, 4) is 0 Å². The fraction of sp³-hybridized carbons (Fsp3) is 0.727. The van der Waals surface area contributed by atoms with Gasteiger partial charge in [-0.2, -0.15) is 0 Å². The van der Waals surface area contributed by atoms with E-state index in [0.29, 0.717) is 6.61 Å². The zero-order valence-electron chi connectivity index (χ0n) is 11.6. The van der Waals surface area contributed by atoms with Crippen LogP contribution in [0.2, 0.25) is 0 Å². The Bertz CT molecular complexity index is 309. The molecule has 0 saturated carbocycles. The summed E-state index contributed by atoms with van der Waals surface area (Å²) in [6.45, 7) is 2.80. The van der Waals surface area contributed by atoms with Crippen molar-refractivity contribution >= 4 is 17.9 Å². The summed E-state index contributed by atoms with van der Waals surface area (Å²) in [4.78, 5) is 29.7. The zero-order chi connectivity index (χ0) is 15.6. The van der Waals surface area contributed by atoms with Crippen molar-refractivity contribution in [3.63, 3.8) is 0 Å². The van der Waals surface area contributed by atoms with Crippen LogP contribution in [0.25, 0.3) is 0 Å². The molecule has 0 aromatic rings. The number of aliphatic carboxylic acids is 2. The van der Waals surface area contributed by atoms with E-state index in [0.717, 1.165) is 11.0 Å². The Morgan fingerprint density at radius 2 is 1.63 bits per heavy atom. The lowest BCUT2D eigenvalue weighted by Gasteiger charge is -2.23. The number of quaternary nitrogens is 1. The highest BCUT2D eigenvalue weighted by atomic mass is 16.5. The molecule has 1 unspecified atom stereocenters. The molecule has 0 amide bonds. The number of hydrogen-bond acceptors (Lipinski definition) is 5. The maximum absolute atomic E-state index is 10.3. The van der Waals surface area contributed by atoms with E-state index in [1.165, 1.54) is 6.92 Å². The normalized spacial score (nSPS) is 11.8. The molecule has 0 bridgehead atoms. The Balaban J connectivity index is 0. The minimum atomic E-state index is -1.79. The fourth-order valence-corrected chi connectivity index (χ4v) is 0.716. The summed E-state index contributed by atoms with van der Waals surface area (Å²) in [5.41, 5.74) is 0. The Kier molecular flexibility index (Phi) is 9.61.